The average molecular weight is 315 g/mol. The summed E-state index contributed by atoms with van der Waals surface area (Å²) in [6.45, 7) is 5.85. The molecule has 1 rings (SSSR count). The minimum atomic E-state index is -0.566. The number of benzene rings is 1. The highest BCUT2D eigenvalue weighted by atomic mass is 35.5. The van der Waals surface area contributed by atoms with Crippen molar-refractivity contribution in [2.75, 3.05) is 13.1 Å². The second kappa shape index (κ2) is 10.0. The van der Waals surface area contributed by atoms with E-state index in [4.69, 9.17) is 5.73 Å². The van der Waals surface area contributed by atoms with Crippen LogP contribution in [0.15, 0.2) is 24.3 Å². The molecule has 1 aromatic rings. The molecule has 0 aliphatic carbocycles. The van der Waals surface area contributed by atoms with Crippen LogP contribution < -0.4 is 21.7 Å². The Bertz CT molecular complexity index is 451. The number of primary amides is 1. The summed E-state index contributed by atoms with van der Waals surface area (Å²) >= 11 is 0. The molecule has 0 unspecified atom stereocenters. The molecule has 7 heteroatoms. The summed E-state index contributed by atoms with van der Waals surface area (Å²) in [5.41, 5.74) is 6.47. The van der Waals surface area contributed by atoms with Crippen molar-refractivity contribution >= 4 is 24.3 Å². The van der Waals surface area contributed by atoms with Crippen LogP contribution in [0.3, 0.4) is 0 Å². The van der Waals surface area contributed by atoms with Gasteiger partial charge in [-0.25, -0.2) is 4.79 Å². The molecule has 21 heavy (non-hydrogen) atoms. The number of halogens is 1. The summed E-state index contributed by atoms with van der Waals surface area (Å²) in [7, 11) is 0. The van der Waals surface area contributed by atoms with Gasteiger partial charge in [0.15, 0.2) is 0 Å². The van der Waals surface area contributed by atoms with E-state index in [9.17, 15) is 9.59 Å². The number of carbonyl (C=O) groups excluding carboxylic acids is 2. The Kier molecular flexibility index (Phi) is 9.16. The molecule has 6 nitrogen and oxygen atoms in total. The molecular formula is C14H23ClN4O2. The van der Waals surface area contributed by atoms with Gasteiger partial charge in [0.1, 0.15) is 0 Å². The van der Waals surface area contributed by atoms with Crippen LogP contribution in [0, 0.1) is 0 Å². The summed E-state index contributed by atoms with van der Waals surface area (Å²) in [6, 6.07) is 6.71. The largest absolute Gasteiger partial charge is 0.352 e. The SMILES string of the molecule is CCN[C@H](C)CNC(=O)c1ccc(CNC(N)=O)cc1.Cl. The first-order chi connectivity index (χ1) is 9.52. The molecule has 0 aromatic heterocycles. The van der Waals surface area contributed by atoms with E-state index in [1.807, 2.05) is 13.8 Å². The highest BCUT2D eigenvalue weighted by Gasteiger charge is 2.07. The predicted molar refractivity (Wildman–Crippen MR) is 85.6 cm³/mol. The second-order valence-corrected chi connectivity index (χ2v) is 4.58. The van der Waals surface area contributed by atoms with Crippen molar-refractivity contribution < 1.29 is 9.59 Å². The third-order valence-electron chi connectivity index (χ3n) is 2.80. The minimum absolute atomic E-state index is 0. The maximum atomic E-state index is 11.9. The number of amides is 3. The first-order valence-corrected chi connectivity index (χ1v) is 6.66. The molecule has 3 amide bonds. The van der Waals surface area contributed by atoms with Gasteiger partial charge in [-0.05, 0) is 31.2 Å². The van der Waals surface area contributed by atoms with E-state index in [0.29, 0.717) is 18.7 Å². The highest BCUT2D eigenvalue weighted by Crippen LogP contribution is 2.04. The smallest absolute Gasteiger partial charge is 0.312 e. The molecule has 0 aliphatic heterocycles. The first kappa shape index (κ1) is 19.2. The molecule has 0 spiro atoms. The number of rotatable bonds is 7. The summed E-state index contributed by atoms with van der Waals surface area (Å²) in [5.74, 6) is -0.107. The van der Waals surface area contributed by atoms with E-state index >= 15 is 0 Å². The van der Waals surface area contributed by atoms with Gasteiger partial charge in [-0.1, -0.05) is 19.1 Å². The Balaban J connectivity index is 0.00000400. The predicted octanol–water partition coefficient (Wildman–Crippen LogP) is 1.00. The maximum absolute atomic E-state index is 11.9. The number of hydrogen-bond donors (Lipinski definition) is 4. The van der Waals surface area contributed by atoms with E-state index in [0.717, 1.165) is 12.1 Å². The van der Waals surface area contributed by atoms with Crippen molar-refractivity contribution in [3.05, 3.63) is 35.4 Å². The Morgan fingerprint density at radius 3 is 2.33 bits per heavy atom. The standard InChI is InChI=1S/C14H22N4O2.ClH/c1-3-16-10(2)8-17-13(19)12-6-4-11(5-7-12)9-18-14(15)20;/h4-7,10,16H,3,8-9H2,1-2H3,(H,17,19)(H3,15,18,20);1H/t10-;/m1./s1. The Labute approximate surface area is 131 Å². The van der Waals surface area contributed by atoms with E-state index in [1.165, 1.54) is 0 Å². The van der Waals surface area contributed by atoms with Gasteiger partial charge in [-0.2, -0.15) is 0 Å². The van der Waals surface area contributed by atoms with Crippen LogP contribution in [0.5, 0.6) is 0 Å². The van der Waals surface area contributed by atoms with Crippen molar-refractivity contribution in [1.29, 1.82) is 0 Å². The lowest BCUT2D eigenvalue weighted by Crippen LogP contribution is -2.38. The summed E-state index contributed by atoms with van der Waals surface area (Å²) in [5, 5.41) is 8.58. The van der Waals surface area contributed by atoms with Crippen LogP contribution in [0.4, 0.5) is 4.79 Å². The third kappa shape index (κ3) is 7.53. The Morgan fingerprint density at radius 1 is 1.19 bits per heavy atom. The molecule has 0 saturated carbocycles. The summed E-state index contributed by atoms with van der Waals surface area (Å²) in [6.07, 6.45) is 0. The molecule has 1 atom stereocenters. The van der Waals surface area contributed by atoms with Gasteiger partial charge < -0.3 is 21.7 Å². The normalized spacial score (nSPS) is 11.1. The van der Waals surface area contributed by atoms with Gasteiger partial charge in [0.2, 0.25) is 0 Å². The second-order valence-electron chi connectivity index (χ2n) is 4.58. The number of likely N-dealkylation sites (N-methyl/N-ethyl adjacent to an activating group) is 1. The van der Waals surface area contributed by atoms with Crippen molar-refractivity contribution in [1.82, 2.24) is 16.0 Å². The van der Waals surface area contributed by atoms with Crippen LogP contribution in [-0.2, 0) is 6.54 Å². The molecule has 0 heterocycles. The summed E-state index contributed by atoms with van der Waals surface area (Å²) < 4.78 is 0. The molecular weight excluding hydrogens is 292 g/mol. The molecule has 0 aliphatic rings. The number of nitrogens with one attached hydrogen (secondary N) is 3. The average Bonchev–Trinajstić information content (AvgIpc) is 2.43. The Hall–Kier alpha value is -1.79. The van der Waals surface area contributed by atoms with Crippen LogP contribution in [-0.4, -0.2) is 31.1 Å². The van der Waals surface area contributed by atoms with Crippen LogP contribution in [0.1, 0.15) is 29.8 Å². The maximum Gasteiger partial charge on any atom is 0.312 e. The molecule has 0 bridgehead atoms. The van der Waals surface area contributed by atoms with Crippen LogP contribution >= 0.6 is 12.4 Å². The third-order valence-corrected chi connectivity index (χ3v) is 2.80. The van der Waals surface area contributed by atoms with Gasteiger partial charge >= 0.3 is 6.03 Å². The van der Waals surface area contributed by atoms with Gasteiger partial charge in [0, 0.05) is 24.7 Å². The van der Waals surface area contributed by atoms with Crippen molar-refractivity contribution in [3.63, 3.8) is 0 Å². The van der Waals surface area contributed by atoms with E-state index in [-0.39, 0.29) is 24.4 Å². The fraction of sp³-hybridized carbons (Fsp3) is 0.429. The fourth-order valence-electron chi connectivity index (χ4n) is 1.73. The van der Waals surface area contributed by atoms with Crippen LogP contribution in [0.2, 0.25) is 0 Å². The number of nitrogens with two attached hydrogens (primary N) is 1. The molecule has 0 saturated heterocycles. The molecule has 0 radical (unpaired) electrons. The molecule has 0 fully saturated rings. The van der Waals surface area contributed by atoms with Crippen LogP contribution in [0.25, 0.3) is 0 Å². The molecule has 1 aromatic carbocycles. The molecule has 118 valence electrons. The molecule has 5 N–H and O–H groups in total. The van der Waals surface area contributed by atoms with Gasteiger partial charge in [-0.15, -0.1) is 12.4 Å². The Morgan fingerprint density at radius 2 is 1.81 bits per heavy atom. The lowest BCUT2D eigenvalue weighted by atomic mass is 10.1. The van der Waals surface area contributed by atoms with Gasteiger partial charge in [0.05, 0.1) is 0 Å². The van der Waals surface area contributed by atoms with Gasteiger partial charge in [0.25, 0.3) is 5.91 Å². The monoisotopic (exact) mass is 314 g/mol. The van der Waals surface area contributed by atoms with E-state index in [1.54, 1.807) is 24.3 Å². The van der Waals surface area contributed by atoms with Crippen molar-refractivity contribution in [2.45, 2.75) is 26.4 Å². The lowest BCUT2D eigenvalue weighted by Gasteiger charge is -2.13. The quantitative estimate of drug-likeness (QED) is 0.604. The topological polar surface area (TPSA) is 96.2 Å². The number of urea groups is 1. The minimum Gasteiger partial charge on any atom is -0.352 e. The summed E-state index contributed by atoms with van der Waals surface area (Å²) in [4.78, 5) is 22.5. The lowest BCUT2D eigenvalue weighted by molar-refractivity contribution is 0.0950. The van der Waals surface area contributed by atoms with Crippen molar-refractivity contribution in [2.24, 2.45) is 5.73 Å². The zero-order valence-electron chi connectivity index (χ0n) is 12.3. The van der Waals surface area contributed by atoms with Crippen molar-refractivity contribution in [3.8, 4) is 0 Å². The number of hydrogen-bond acceptors (Lipinski definition) is 3. The zero-order valence-corrected chi connectivity index (χ0v) is 13.1. The first-order valence-electron chi connectivity index (χ1n) is 6.66. The van der Waals surface area contributed by atoms with Gasteiger partial charge in [-0.3, -0.25) is 4.79 Å². The highest BCUT2D eigenvalue weighted by molar-refractivity contribution is 5.94. The fourth-order valence-corrected chi connectivity index (χ4v) is 1.73. The van der Waals surface area contributed by atoms with E-state index < -0.39 is 6.03 Å². The number of carbonyl (C=O) groups is 2. The van der Waals surface area contributed by atoms with E-state index in [2.05, 4.69) is 16.0 Å². The zero-order chi connectivity index (χ0) is 15.0.